The maximum absolute atomic E-state index is 12.0. The average molecular weight is 255 g/mol. The van der Waals surface area contributed by atoms with Gasteiger partial charge >= 0.3 is 11.9 Å². The minimum atomic E-state index is -0.495. The molecular formula is C14H25NO3. The number of allylic oxidation sites excluding steroid dienone is 1. The second-order valence-electron chi connectivity index (χ2n) is 5.32. The van der Waals surface area contributed by atoms with Crippen LogP contribution in [0.5, 0.6) is 0 Å². The van der Waals surface area contributed by atoms with Crippen molar-refractivity contribution in [1.29, 1.82) is 0 Å². The van der Waals surface area contributed by atoms with Crippen LogP contribution >= 0.6 is 0 Å². The summed E-state index contributed by atoms with van der Waals surface area (Å²) in [5.41, 5.74) is 0.281. The van der Waals surface area contributed by atoms with Gasteiger partial charge in [0.05, 0.1) is 11.6 Å². The van der Waals surface area contributed by atoms with Crippen LogP contribution in [0.2, 0.25) is 0 Å². The molecule has 1 heterocycles. The Labute approximate surface area is 110 Å². The lowest BCUT2D eigenvalue weighted by Gasteiger charge is -2.20. The first kappa shape index (κ1) is 14.9. The molecule has 1 unspecified atom stereocenters. The highest BCUT2D eigenvalue weighted by Gasteiger charge is 2.32. The molecule has 4 heteroatoms. The van der Waals surface area contributed by atoms with Crippen LogP contribution < -0.4 is 5.32 Å². The minimum absolute atomic E-state index is 0.0300. The Morgan fingerprint density at radius 3 is 2.56 bits per heavy atom. The summed E-state index contributed by atoms with van der Waals surface area (Å²) < 4.78 is 10.9. The van der Waals surface area contributed by atoms with E-state index in [0.29, 0.717) is 5.95 Å². The number of carbonyl (C=O) groups is 1. The van der Waals surface area contributed by atoms with E-state index < -0.39 is 5.72 Å². The second kappa shape index (κ2) is 6.12. The molecule has 1 aliphatic rings. The van der Waals surface area contributed by atoms with Gasteiger partial charge in [0.2, 0.25) is 0 Å². The Morgan fingerprint density at radius 1 is 1.44 bits per heavy atom. The summed E-state index contributed by atoms with van der Waals surface area (Å²) in [6, 6.07) is 0. The largest absolute Gasteiger partial charge is 0.438 e. The van der Waals surface area contributed by atoms with E-state index in [9.17, 15) is 4.79 Å². The van der Waals surface area contributed by atoms with E-state index in [1.54, 1.807) is 0 Å². The Morgan fingerprint density at radius 2 is 2.11 bits per heavy atom. The number of carbonyl (C=O) groups excluding carboxylic acids is 1. The van der Waals surface area contributed by atoms with Gasteiger partial charge in [0.25, 0.3) is 0 Å². The zero-order valence-electron chi connectivity index (χ0n) is 12.1. The van der Waals surface area contributed by atoms with Gasteiger partial charge in [0.15, 0.2) is 5.72 Å². The molecule has 0 aliphatic carbocycles. The number of ether oxygens (including phenoxy) is 2. The van der Waals surface area contributed by atoms with Gasteiger partial charge in [-0.1, -0.05) is 26.7 Å². The Balaban J connectivity index is 2.56. The maximum atomic E-state index is 12.0. The fourth-order valence-electron chi connectivity index (χ4n) is 2.05. The van der Waals surface area contributed by atoms with Crippen molar-refractivity contribution in [2.24, 2.45) is 5.92 Å². The van der Waals surface area contributed by atoms with E-state index in [1.165, 1.54) is 0 Å². The van der Waals surface area contributed by atoms with Gasteiger partial charge in [0.1, 0.15) is 0 Å². The first-order valence-electron chi connectivity index (χ1n) is 6.79. The number of esters is 1. The maximum Gasteiger partial charge on any atom is 0.316 e. The lowest BCUT2D eigenvalue weighted by atomic mass is 10.00. The van der Waals surface area contributed by atoms with Crippen molar-refractivity contribution in [3.63, 3.8) is 0 Å². The van der Waals surface area contributed by atoms with Crippen LogP contribution in [-0.4, -0.2) is 11.7 Å². The summed E-state index contributed by atoms with van der Waals surface area (Å²) in [5, 5.41) is 3.13. The number of hydrogen-bond donors (Lipinski definition) is 1. The molecule has 0 aromatic heterocycles. The summed E-state index contributed by atoms with van der Waals surface area (Å²) in [4.78, 5) is 12.0. The van der Waals surface area contributed by atoms with Crippen molar-refractivity contribution in [2.75, 3.05) is 0 Å². The van der Waals surface area contributed by atoms with E-state index in [-0.39, 0.29) is 11.9 Å². The number of hydrogen-bond acceptors (Lipinski definition) is 4. The average Bonchev–Trinajstić information content (AvgIpc) is 2.53. The topological polar surface area (TPSA) is 47.6 Å². The Bertz CT molecular complexity index is 334. The molecule has 0 saturated heterocycles. The molecule has 0 bridgehead atoms. The summed E-state index contributed by atoms with van der Waals surface area (Å²) in [7, 11) is 0. The second-order valence-corrected chi connectivity index (χ2v) is 5.32. The van der Waals surface area contributed by atoms with Gasteiger partial charge in [-0.25, -0.2) is 0 Å². The molecule has 0 aromatic carbocycles. The molecule has 1 rings (SSSR count). The zero-order chi connectivity index (χ0) is 13.8. The summed E-state index contributed by atoms with van der Waals surface area (Å²) in [6.45, 7) is 9.78. The summed E-state index contributed by atoms with van der Waals surface area (Å²) in [6.07, 6.45) is 3.84. The smallest absolute Gasteiger partial charge is 0.316 e. The van der Waals surface area contributed by atoms with Crippen LogP contribution in [0.1, 0.15) is 60.3 Å². The highest BCUT2D eigenvalue weighted by molar-refractivity contribution is 5.73. The number of rotatable bonds is 6. The van der Waals surface area contributed by atoms with E-state index in [0.717, 1.165) is 31.4 Å². The minimum Gasteiger partial charge on any atom is -0.438 e. The van der Waals surface area contributed by atoms with Crippen LogP contribution in [-0.2, 0) is 14.3 Å². The highest BCUT2D eigenvalue weighted by Crippen LogP contribution is 2.26. The molecule has 0 radical (unpaired) electrons. The predicted molar refractivity (Wildman–Crippen MR) is 70.4 cm³/mol. The molecular weight excluding hydrogens is 230 g/mol. The van der Waals surface area contributed by atoms with Crippen molar-refractivity contribution < 1.29 is 14.3 Å². The van der Waals surface area contributed by atoms with Crippen LogP contribution in [0.4, 0.5) is 0 Å². The number of nitrogens with one attached hydrogen (secondary N) is 1. The third kappa shape index (κ3) is 3.93. The summed E-state index contributed by atoms with van der Waals surface area (Å²) in [5.74, 6) is 0.109. The van der Waals surface area contributed by atoms with Gasteiger partial charge in [-0.05, 0) is 33.6 Å². The third-order valence-corrected chi connectivity index (χ3v) is 3.07. The van der Waals surface area contributed by atoms with Crippen LogP contribution in [0, 0.1) is 5.92 Å². The third-order valence-electron chi connectivity index (χ3n) is 3.07. The van der Waals surface area contributed by atoms with Crippen LogP contribution in [0.25, 0.3) is 0 Å². The lowest BCUT2D eigenvalue weighted by molar-refractivity contribution is -0.153. The number of unbranched alkanes of at least 4 members (excludes halogenated alkanes) is 1. The lowest BCUT2D eigenvalue weighted by Crippen LogP contribution is -2.34. The molecule has 4 nitrogen and oxygen atoms in total. The zero-order valence-corrected chi connectivity index (χ0v) is 12.1. The fourth-order valence-corrected chi connectivity index (χ4v) is 2.05. The molecule has 0 saturated carbocycles. The molecule has 1 atom stereocenters. The molecule has 18 heavy (non-hydrogen) atoms. The SMILES string of the molecule is CCCCC(CC)C(=O)OC1=C(C)NC(C)(C)O1. The van der Waals surface area contributed by atoms with E-state index in [4.69, 9.17) is 9.47 Å². The highest BCUT2D eigenvalue weighted by atomic mass is 16.7. The molecule has 104 valence electrons. The van der Waals surface area contributed by atoms with Crippen LogP contribution in [0.15, 0.2) is 11.6 Å². The molecule has 0 fully saturated rings. The van der Waals surface area contributed by atoms with Crippen molar-refractivity contribution in [3.8, 4) is 0 Å². The molecule has 0 spiro atoms. The van der Waals surface area contributed by atoms with Crippen molar-refractivity contribution in [1.82, 2.24) is 5.32 Å². The van der Waals surface area contributed by atoms with Crippen molar-refractivity contribution >= 4 is 5.97 Å². The Kier molecular flexibility index (Phi) is 5.05. The van der Waals surface area contributed by atoms with E-state index >= 15 is 0 Å². The van der Waals surface area contributed by atoms with Gasteiger partial charge in [-0.3, -0.25) is 4.79 Å². The normalized spacial score (nSPS) is 19.2. The molecule has 0 amide bonds. The summed E-state index contributed by atoms with van der Waals surface area (Å²) >= 11 is 0. The standard InChI is InChI=1S/C14H25NO3/c1-6-8-9-11(7-2)12(16)17-13-10(3)15-14(4,5)18-13/h11,15H,6-9H2,1-5H3. The molecule has 1 N–H and O–H groups in total. The van der Waals surface area contributed by atoms with Gasteiger partial charge < -0.3 is 14.8 Å². The Hall–Kier alpha value is -1.19. The van der Waals surface area contributed by atoms with Crippen molar-refractivity contribution in [2.45, 2.75) is 66.0 Å². The van der Waals surface area contributed by atoms with Crippen LogP contribution in [0.3, 0.4) is 0 Å². The molecule has 1 aliphatic heterocycles. The van der Waals surface area contributed by atoms with Gasteiger partial charge in [-0.15, -0.1) is 0 Å². The first-order chi connectivity index (χ1) is 8.39. The van der Waals surface area contributed by atoms with E-state index in [1.807, 2.05) is 27.7 Å². The predicted octanol–water partition coefficient (Wildman–Crippen LogP) is 3.29. The molecule has 0 aromatic rings. The van der Waals surface area contributed by atoms with Crippen molar-refractivity contribution in [3.05, 3.63) is 11.6 Å². The fraction of sp³-hybridized carbons (Fsp3) is 0.786. The van der Waals surface area contributed by atoms with Gasteiger partial charge in [-0.2, -0.15) is 0 Å². The quantitative estimate of drug-likeness (QED) is 0.740. The first-order valence-corrected chi connectivity index (χ1v) is 6.79. The van der Waals surface area contributed by atoms with E-state index in [2.05, 4.69) is 12.2 Å². The monoisotopic (exact) mass is 255 g/mol. The van der Waals surface area contributed by atoms with Gasteiger partial charge in [0, 0.05) is 0 Å².